The Hall–Kier alpha value is -3.93. The largest absolute Gasteiger partial charge is 0.497 e. The van der Waals surface area contributed by atoms with Crippen LogP contribution < -0.4 is 14.2 Å². The third-order valence-corrected chi connectivity index (χ3v) is 5.28. The average molecular weight is 399 g/mol. The van der Waals surface area contributed by atoms with Crippen LogP contribution in [0.2, 0.25) is 0 Å². The number of carbonyl (C=O) groups excluding carboxylic acids is 2. The number of hydrogen-bond donors (Lipinski definition) is 0. The zero-order chi connectivity index (χ0) is 20.7. The van der Waals surface area contributed by atoms with Crippen molar-refractivity contribution in [1.82, 2.24) is 4.98 Å². The van der Waals surface area contributed by atoms with E-state index in [-0.39, 0.29) is 29.9 Å². The number of esters is 1. The summed E-state index contributed by atoms with van der Waals surface area (Å²) in [5.74, 6) is 0.996. The Morgan fingerprint density at radius 3 is 2.63 bits per heavy atom. The summed E-state index contributed by atoms with van der Waals surface area (Å²) in [7, 11) is 1.60. The third-order valence-electron chi connectivity index (χ3n) is 5.28. The molecule has 30 heavy (non-hydrogen) atoms. The number of ether oxygens (including phenoxy) is 3. The number of fused-ring (bicyclic) bond motifs is 3. The summed E-state index contributed by atoms with van der Waals surface area (Å²) in [6.07, 6.45) is 5.15. The van der Waals surface area contributed by atoms with Crippen molar-refractivity contribution in [2.24, 2.45) is 0 Å². The van der Waals surface area contributed by atoms with Crippen LogP contribution in [0.25, 0.3) is 6.08 Å². The fourth-order valence-corrected chi connectivity index (χ4v) is 3.84. The number of Topliss-reactive ketones (excluding diaryl/α,β-unsaturated/α-hetero) is 1. The first-order valence-corrected chi connectivity index (χ1v) is 9.50. The highest BCUT2D eigenvalue weighted by atomic mass is 16.5. The Balaban J connectivity index is 1.60. The first-order valence-electron chi connectivity index (χ1n) is 9.50. The molecule has 5 rings (SSSR count). The maximum Gasteiger partial charge on any atom is 0.312 e. The lowest BCUT2D eigenvalue weighted by molar-refractivity contribution is -0.135. The summed E-state index contributed by atoms with van der Waals surface area (Å²) >= 11 is 0. The Kier molecular flexibility index (Phi) is 4.32. The number of allylic oxidation sites excluding steroid dienone is 1. The molecule has 0 fully saturated rings. The van der Waals surface area contributed by atoms with Gasteiger partial charge in [-0.05, 0) is 47.5 Å². The third kappa shape index (κ3) is 3.03. The molecular weight excluding hydrogens is 382 g/mol. The molecule has 6 nitrogen and oxygen atoms in total. The summed E-state index contributed by atoms with van der Waals surface area (Å²) < 4.78 is 16.7. The molecule has 2 aliphatic heterocycles. The van der Waals surface area contributed by atoms with Gasteiger partial charge in [-0.25, -0.2) is 0 Å². The highest BCUT2D eigenvalue weighted by molar-refractivity contribution is 6.15. The van der Waals surface area contributed by atoms with E-state index < -0.39 is 0 Å². The SMILES string of the molecule is COc1ccc([C@H]2CC(=O)Oc3ccc4c(c32)O/C(=C\c2cccnc2)C4=O)cc1. The van der Waals surface area contributed by atoms with Gasteiger partial charge in [0.2, 0.25) is 5.78 Å². The smallest absolute Gasteiger partial charge is 0.312 e. The second-order valence-corrected chi connectivity index (χ2v) is 7.08. The zero-order valence-corrected chi connectivity index (χ0v) is 16.1. The van der Waals surface area contributed by atoms with Crippen LogP contribution in [0.4, 0.5) is 0 Å². The van der Waals surface area contributed by atoms with Gasteiger partial charge in [-0.1, -0.05) is 18.2 Å². The minimum Gasteiger partial charge on any atom is -0.497 e. The van der Waals surface area contributed by atoms with Gasteiger partial charge in [-0.3, -0.25) is 14.6 Å². The molecule has 2 aliphatic rings. The zero-order valence-electron chi connectivity index (χ0n) is 16.1. The molecule has 0 saturated heterocycles. The number of rotatable bonds is 3. The van der Waals surface area contributed by atoms with Gasteiger partial charge >= 0.3 is 5.97 Å². The first kappa shape index (κ1) is 18.1. The summed E-state index contributed by atoms with van der Waals surface area (Å²) in [5.41, 5.74) is 2.85. The Bertz CT molecular complexity index is 1180. The molecule has 1 atom stereocenters. The Morgan fingerprint density at radius 2 is 1.90 bits per heavy atom. The molecule has 0 spiro atoms. The second-order valence-electron chi connectivity index (χ2n) is 7.08. The predicted octanol–water partition coefficient (Wildman–Crippen LogP) is 4.15. The molecule has 0 amide bonds. The molecule has 2 aromatic carbocycles. The number of methoxy groups -OCH3 is 1. The minimum atomic E-state index is -0.321. The molecule has 0 bridgehead atoms. The van der Waals surface area contributed by atoms with Crippen LogP contribution in [0.1, 0.15) is 39.4 Å². The number of pyridine rings is 1. The van der Waals surface area contributed by atoms with Crippen LogP contribution in [-0.4, -0.2) is 23.8 Å². The molecule has 1 aromatic heterocycles. The number of nitrogens with zero attached hydrogens (tertiary/aromatic N) is 1. The van der Waals surface area contributed by atoms with Gasteiger partial charge in [0, 0.05) is 23.9 Å². The second kappa shape index (κ2) is 7.15. The fraction of sp³-hybridized carbons (Fsp3) is 0.125. The van der Waals surface area contributed by atoms with Crippen molar-refractivity contribution in [2.45, 2.75) is 12.3 Å². The Labute approximate surface area is 172 Å². The number of benzene rings is 2. The monoisotopic (exact) mass is 399 g/mol. The predicted molar refractivity (Wildman–Crippen MR) is 109 cm³/mol. The summed E-state index contributed by atoms with van der Waals surface area (Å²) in [4.78, 5) is 29.2. The highest BCUT2D eigenvalue weighted by Gasteiger charge is 2.38. The number of ketones is 1. The van der Waals surface area contributed by atoms with Crippen molar-refractivity contribution < 1.29 is 23.8 Å². The van der Waals surface area contributed by atoms with E-state index >= 15 is 0 Å². The van der Waals surface area contributed by atoms with Crippen LogP contribution in [-0.2, 0) is 4.79 Å². The van der Waals surface area contributed by atoms with Crippen molar-refractivity contribution >= 4 is 17.8 Å². The van der Waals surface area contributed by atoms with E-state index in [0.29, 0.717) is 22.6 Å². The fourth-order valence-electron chi connectivity index (χ4n) is 3.84. The maximum absolute atomic E-state index is 12.9. The lowest BCUT2D eigenvalue weighted by atomic mass is 9.84. The van der Waals surface area contributed by atoms with E-state index in [2.05, 4.69) is 4.98 Å². The molecule has 3 aromatic rings. The molecule has 148 valence electrons. The summed E-state index contributed by atoms with van der Waals surface area (Å²) in [6.45, 7) is 0. The highest BCUT2D eigenvalue weighted by Crippen LogP contribution is 2.49. The van der Waals surface area contributed by atoms with Crippen molar-refractivity contribution in [3.63, 3.8) is 0 Å². The molecule has 0 aliphatic carbocycles. The van der Waals surface area contributed by atoms with Crippen LogP contribution >= 0.6 is 0 Å². The van der Waals surface area contributed by atoms with Crippen molar-refractivity contribution in [1.29, 1.82) is 0 Å². The quantitative estimate of drug-likeness (QED) is 0.374. The van der Waals surface area contributed by atoms with Crippen molar-refractivity contribution in [3.05, 3.63) is 88.9 Å². The summed E-state index contributed by atoms with van der Waals surface area (Å²) in [6, 6.07) is 14.5. The van der Waals surface area contributed by atoms with E-state index in [4.69, 9.17) is 14.2 Å². The molecule has 0 radical (unpaired) electrons. The average Bonchev–Trinajstić information content (AvgIpc) is 3.09. The van der Waals surface area contributed by atoms with Gasteiger partial charge in [0.1, 0.15) is 17.2 Å². The maximum atomic E-state index is 12.9. The van der Waals surface area contributed by atoms with E-state index in [9.17, 15) is 9.59 Å². The lowest BCUT2D eigenvalue weighted by Crippen LogP contribution is -2.21. The first-order chi connectivity index (χ1) is 14.6. The molecule has 0 unspecified atom stereocenters. The molecular formula is C24H17NO5. The van der Waals surface area contributed by atoms with Gasteiger partial charge in [-0.2, -0.15) is 0 Å². The molecule has 6 heteroatoms. The Morgan fingerprint density at radius 1 is 1.07 bits per heavy atom. The van der Waals surface area contributed by atoms with Gasteiger partial charge in [-0.15, -0.1) is 0 Å². The van der Waals surface area contributed by atoms with Crippen molar-refractivity contribution in [2.75, 3.05) is 7.11 Å². The van der Waals surface area contributed by atoms with Crippen molar-refractivity contribution in [3.8, 4) is 17.2 Å². The lowest BCUT2D eigenvalue weighted by Gasteiger charge is -2.26. The van der Waals surface area contributed by atoms with E-state index in [0.717, 1.165) is 16.9 Å². The van der Waals surface area contributed by atoms with E-state index in [1.807, 2.05) is 30.3 Å². The van der Waals surface area contributed by atoms with Crippen LogP contribution in [0.5, 0.6) is 17.2 Å². The van der Waals surface area contributed by atoms with Gasteiger partial charge < -0.3 is 14.2 Å². The number of hydrogen-bond acceptors (Lipinski definition) is 6. The van der Waals surface area contributed by atoms with Gasteiger partial charge in [0.25, 0.3) is 0 Å². The topological polar surface area (TPSA) is 74.7 Å². The number of carbonyl (C=O) groups is 2. The van der Waals surface area contributed by atoms with E-state index in [1.54, 1.807) is 43.8 Å². The summed E-state index contributed by atoms with van der Waals surface area (Å²) in [5, 5.41) is 0. The minimum absolute atomic E-state index is 0.162. The van der Waals surface area contributed by atoms with Crippen LogP contribution in [0, 0.1) is 0 Å². The molecule has 3 heterocycles. The van der Waals surface area contributed by atoms with Crippen LogP contribution in [0.3, 0.4) is 0 Å². The number of aromatic nitrogens is 1. The van der Waals surface area contributed by atoms with Gasteiger partial charge in [0.15, 0.2) is 5.76 Å². The van der Waals surface area contributed by atoms with Crippen LogP contribution in [0.15, 0.2) is 66.7 Å². The molecule has 0 N–H and O–H groups in total. The standard InChI is InChI=1S/C24H17NO5/c1-28-16-6-4-15(5-7-16)18-12-21(26)29-19-9-8-17-23(27)20(30-24(17)22(18)19)11-14-3-2-10-25-13-14/h2-11,13,18H,12H2,1H3/b20-11-/t18-/m1/s1. The normalized spacial score (nSPS) is 18.4. The molecule has 0 saturated carbocycles. The van der Waals surface area contributed by atoms with E-state index in [1.165, 1.54) is 0 Å². The van der Waals surface area contributed by atoms with Gasteiger partial charge in [0.05, 0.1) is 19.1 Å².